The summed E-state index contributed by atoms with van der Waals surface area (Å²) >= 11 is 0. The average Bonchev–Trinajstić information content (AvgIpc) is 3.06. The summed E-state index contributed by atoms with van der Waals surface area (Å²) in [6, 6.07) is 0. The van der Waals surface area contributed by atoms with Gasteiger partial charge in [-0.3, -0.25) is 20.3 Å². The SMILES string of the molecule is COCC1CNC(N2CCC(CCCCOC3CC(F)C(CC(=O)N4CC(CNC[C@H](O)[C@@H](O)[C@H](O)[C@H](O)CO)C4)C(F)C3)CC2)NC1. The van der Waals surface area contributed by atoms with E-state index in [2.05, 4.69) is 20.9 Å². The van der Waals surface area contributed by atoms with E-state index in [4.69, 9.17) is 14.6 Å². The van der Waals surface area contributed by atoms with Crippen LogP contribution >= 0.6 is 0 Å². The number of hydrogen-bond acceptors (Lipinski definition) is 12. The maximum atomic E-state index is 15.0. The number of unbranched alkanes of at least 4 members (excludes halogenated alkanes) is 1. The fourth-order valence-electron chi connectivity index (χ4n) is 7.52. The third-order valence-corrected chi connectivity index (χ3v) is 10.7. The van der Waals surface area contributed by atoms with Crippen LogP contribution in [-0.2, 0) is 14.3 Å². The van der Waals surface area contributed by atoms with Crippen molar-refractivity contribution in [3.05, 3.63) is 0 Å². The number of amides is 1. The van der Waals surface area contributed by atoms with E-state index in [9.17, 15) is 25.2 Å². The molecule has 0 aromatic heterocycles. The zero-order valence-corrected chi connectivity index (χ0v) is 28.5. The Kier molecular flexibility index (Phi) is 16.6. The van der Waals surface area contributed by atoms with Crippen molar-refractivity contribution in [2.24, 2.45) is 23.7 Å². The lowest BCUT2D eigenvalue weighted by Crippen LogP contribution is -2.62. The second kappa shape index (κ2) is 20.1. The monoisotopic (exact) mass is 693 g/mol. The van der Waals surface area contributed by atoms with Crippen molar-refractivity contribution in [3.8, 4) is 0 Å². The van der Waals surface area contributed by atoms with E-state index in [1.54, 1.807) is 12.0 Å². The molecule has 6 atom stereocenters. The van der Waals surface area contributed by atoms with Crippen molar-refractivity contribution >= 4 is 5.91 Å². The second-order valence-electron chi connectivity index (χ2n) is 14.5. The van der Waals surface area contributed by atoms with Crippen LogP contribution in [0.4, 0.5) is 8.78 Å². The van der Waals surface area contributed by atoms with Gasteiger partial charge in [0.25, 0.3) is 0 Å². The second-order valence-corrected chi connectivity index (χ2v) is 14.5. The third-order valence-electron chi connectivity index (χ3n) is 10.7. The molecule has 15 heteroatoms. The molecule has 0 aromatic carbocycles. The van der Waals surface area contributed by atoms with Gasteiger partial charge in [0.1, 0.15) is 36.9 Å². The quantitative estimate of drug-likeness (QED) is 0.0772. The van der Waals surface area contributed by atoms with Gasteiger partial charge < -0.3 is 45.2 Å². The molecule has 0 aromatic rings. The van der Waals surface area contributed by atoms with Gasteiger partial charge in [0, 0.05) is 103 Å². The molecule has 3 saturated heterocycles. The van der Waals surface area contributed by atoms with Crippen LogP contribution < -0.4 is 16.0 Å². The molecule has 13 nitrogen and oxygen atoms in total. The predicted molar refractivity (Wildman–Crippen MR) is 174 cm³/mol. The van der Waals surface area contributed by atoms with Crippen LogP contribution in [0.1, 0.15) is 51.4 Å². The first-order chi connectivity index (χ1) is 23.1. The zero-order valence-electron chi connectivity index (χ0n) is 28.5. The number of alkyl halides is 2. The fraction of sp³-hybridized carbons (Fsp3) is 0.970. The maximum absolute atomic E-state index is 15.0. The highest BCUT2D eigenvalue weighted by atomic mass is 19.1. The number of aliphatic hydroxyl groups is 5. The molecule has 0 bridgehead atoms. The lowest BCUT2D eigenvalue weighted by molar-refractivity contribution is -0.141. The van der Waals surface area contributed by atoms with E-state index in [0.29, 0.717) is 38.1 Å². The third kappa shape index (κ3) is 11.7. The van der Waals surface area contributed by atoms with E-state index in [0.717, 1.165) is 52.0 Å². The number of aliphatic hydroxyl groups excluding tert-OH is 5. The first-order valence-corrected chi connectivity index (χ1v) is 18.0. The summed E-state index contributed by atoms with van der Waals surface area (Å²) in [5.74, 6) is 0.0440. The molecule has 1 aliphatic carbocycles. The molecule has 4 rings (SSSR count). The van der Waals surface area contributed by atoms with Crippen LogP contribution in [0.5, 0.6) is 0 Å². The Hall–Kier alpha value is -1.11. The molecule has 4 fully saturated rings. The number of carbonyl (C=O) groups excluding carboxylic acids is 1. The number of hydrogen-bond donors (Lipinski definition) is 8. The largest absolute Gasteiger partial charge is 0.394 e. The summed E-state index contributed by atoms with van der Waals surface area (Å²) in [5, 5.41) is 58.0. The van der Waals surface area contributed by atoms with Gasteiger partial charge in [-0.2, -0.15) is 0 Å². The Morgan fingerprint density at radius 1 is 0.938 bits per heavy atom. The number of ether oxygens (including phenoxy) is 2. The Labute approximate surface area is 283 Å². The topological polar surface area (TPSA) is 179 Å². The van der Waals surface area contributed by atoms with Crippen molar-refractivity contribution in [1.82, 2.24) is 25.8 Å². The zero-order chi connectivity index (χ0) is 34.6. The average molecular weight is 694 g/mol. The summed E-state index contributed by atoms with van der Waals surface area (Å²) in [5.41, 5.74) is 0. The first-order valence-electron chi connectivity index (χ1n) is 18.0. The van der Waals surface area contributed by atoms with E-state index in [-0.39, 0.29) is 43.9 Å². The molecule has 1 saturated carbocycles. The molecule has 0 radical (unpaired) electrons. The molecule has 280 valence electrons. The van der Waals surface area contributed by atoms with E-state index < -0.39 is 55.4 Å². The standard InChI is InChI=1S/C33H61F2N5O8/c1-47-20-22-14-37-33(38-15-22)39-7-5-21(6-8-39)4-2-3-9-48-24-10-26(34)25(27(35)11-24)12-30(44)40-17-23(18-40)13-36-16-28(42)31(45)32(46)29(43)19-41/h21-29,31-33,36-38,41-43,45-46H,2-20H2,1H3/t22?,24?,25?,26?,27?,28-,29+,31+,32+,33?/m0/s1. The number of likely N-dealkylation sites (tertiary alicyclic amines) is 2. The van der Waals surface area contributed by atoms with Gasteiger partial charge in [-0.15, -0.1) is 0 Å². The van der Waals surface area contributed by atoms with Gasteiger partial charge in [-0.1, -0.05) is 12.8 Å². The van der Waals surface area contributed by atoms with Gasteiger partial charge in [0.15, 0.2) is 0 Å². The van der Waals surface area contributed by atoms with E-state index >= 15 is 8.78 Å². The Morgan fingerprint density at radius 3 is 2.21 bits per heavy atom. The van der Waals surface area contributed by atoms with Gasteiger partial charge in [-0.25, -0.2) is 8.78 Å². The number of nitrogens with one attached hydrogen (secondary N) is 3. The molecule has 0 spiro atoms. The molecule has 8 N–H and O–H groups in total. The number of carbonyl (C=O) groups is 1. The summed E-state index contributed by atoms with van der Waals surface area (Å²) in [6.45, 7) is 5.80. The smallest absolute Gasteiger partial charge is 0.223 e. The summed E-state index contributed by atoms with van der Waals surface area (Å²) in [6.07, 6.45) is -3.91. The van der Waals surface area contributed by atoms with Crippen molar-refractivity contribution in [3.63, 3.8) is 0 Å². The molecular formula is C33H61F2N5O8. The number of nitrogens with zero attached hydrogens (tertiary/aromatic N) is 2. The van der Waals surface area contributed by atoms with Gasteiger partial charge in [-0.05, 0) is 25.2 Å². The van der Waals surface area contributed by atoms with Crippen molar-refractivity contribution in [2.45, 2.75) is 101 Å². The van der Waals surface area contributed by atoms with Crippen LogP contribution in [-0.4, -0.2) is 170 Å². The van der Waals surface area contributed by atoms with Crippen LogP contribution in [0.2, 0.25) is 0 Å². The highest BCUT2D eigenvalue weighted by molar-refractivity contribution is 5.77. The lowest BCUT2D eigenvalue weighted by atomic mass is 9.81. The molecule has 2 unspecified atom stereocenters. The minimum Gasteiger partial charge on any atom is -0.394 e. The maximum Gasteiger partial charge on any atom is 0.223 e. The van der Waals surface area contributed by atoms with E-state index in [1.807, 2.05) is 0 Å². The molecule has 4 aliphatic rings. The lowest BCUT2D eigenvalue weighted by Gasteiger charge is -2.42. The van der Waals surface area contributed by atoms with Crippen LogP contribution in [0.15, 0.2) is 0 Å². The Bertz CT molecular complexity index is 914. The molecule has 3 heterocycles. The molecular weight excluding hydrogens is 632 g/mol. The van der Waals surface area contributed by atoms with Gasteiger partial charge >= 0.3 is 0 Å². The summed E-state index contributed by atoms with van der Waals surface area (Å²) < 4.78 is 41.2. The molecule has 1 amide bonds. The van der Waals surface area contributed by atoms with Gasteiger partial charge in [0.2, 0.25) is 5.91 Å². The van der Waals surface area contributed by atoms with Crippen LogP contribution in [0, 0.1) is 23.7 Å². The summed E-state index contributed by atoms with van der Waals surface area (Å²) in [7, 11) is 1.74. The predicted octanol–water partition coefficient (Wildman–Crippen LogP) is -1.05. The Balaban J connectivity index is 1.02. The van der Waals surface area contributed by atoms with Crippen molar-refractivity contribution in [2.75, 3.05) is 79.3 Å². The van der Waals surface area contributed by atoms with Crippen LogP contribution in [0.25, 0.3) is 0 Å². The van der Waals surface area contributed by atoms with Gasteiger partial charge in [0.05, 0.1) is 25.4 Å². The molecule has 48 heavy (non-hydrogen) atoms. The highest BCUT2D eigenvalue weighted by Crippen LogP contribution is 2.35. The normalized spacial score (nSPS) is 32.0. The molecule has 3 aliphatic heterocycles. The minimum absolute atomic E-state index is 0.0635. The Morgan fingerprint density at radius 2 is 1.58 bits per heavy atom. The fourth-order valence-corrected chi connectivity index (χ4v) is 7.52. The van der Waals surface area contributed by atoms with Crippen molar-refractivity contribution < 1.29 is 48.6 Å². The minimum atomic E-state index is -1.69. The summed E-state index contributed by atoms with van der Waals surface area (Å²) in [4.78, 5) is 16.8. The van der Waals surface area contributed by atoms with E-state index in [1.165, 1.54) is 12.8 Å². The number of halogens is 2. The van der Waals surface area contributed by atoms with Crippen LogP contribution in [0.3, 0.4) is 0 Å². The highest BCUT2D eigenvalue weighted by Gasteiger charge is 2.42. The number of rotatable bonds is 19. The number of methoxy groups -OCH3 is 1. The number of piperidine rings is 1. The first kappa shape index (κ1) is 39.7. The van der Waals surface area contributed by atoms with Crippen molar-refractivity contribution in [1.29, 1.82) is 0 Å².